The van der Waals surface area contributed by atoms with Crippen LogP contribution in [0.2, 0.25) is 0 Å². The first kappa shape index (κ1) is 13.4. The number of carbonyl (C=O) groups is 1. The van der Waals surface area contributed by atoms with E-state index in [2.05, 4.69) is 44.7 Å². The van der Waals surface area contributed by atoms with Gasteiger partial charge in [-0.05, 0) is 11.6 Å². The minimum absolute atomic E-state index is 0.119. The maximum absolute atomic E-state index is 11.6. The molecule has 2 fully saturated rings. The topological polar surface area (TPSA) is 47.6 Å². The van der Waals surface area contributed by atoms with Gasteiger partial charge in [0, 0.05) is 51.5 Å². The van der Waals surface area contributed by atoms with Crippen molar-refractivity contribution in [2.75, 3.05) is 50.7 Å². The van der Waals surface area contributed by atoms with Crippen LogP contribution in [0.3, 0.4) is 0 Å². The third kappa shape index (κ3) is 3.11. The van der Waals surface area contributed by atoms with Gasteiger partial charge in [-0.3, -0.25) is 9.69 Å². The van der Waals surface area contributed by atoms with Crippen LogP contribution in [-0.2, 0) is 11.3 Å². The van der Waals surface area contributed by atoms with Gasteiger partial charge < -0.3 is 15.5 Å². The Morgan fingerprint density at radius 1 is 1.05 bits per heavy atom. The summed E-state index contributed by atoms with van der Waals surface area (Å²) < 4.78 is 0. The van der Waals surface area contributed by atoms with E-state index in [4.69, 9.17) is 0 Å². The predicted molar refractivity (Wildman–Crippen MR) is 79.8 cm³/mol. The van der Waals surface area contributed by atoms with E-state index >= 15 is 0 Å². The number of nitrogens with one attached hydrogen (secondary N) is 2. The normalized spacial score (nSPS) is 20.8. The van der Waals surface area contributed by atoms with Crippen molar-refractivity contribution in [1.29, 1.82) is 0 Å². The van der Waals surface area contributed by atoms with E-state index in [1.807, 2.05) is 0 Å². The molecule has 2 N–H and O–H groups in total. The van der Waals surface area contributed by atoms with Crippen molar-refractivity contribution in [3.8, 4) is 0 Å². The Morgan fingerprint density at radius 3 is 2.65 bits per heavy atom. The summed E-state index contributed by atoms with van der Waals surface area (Å²) >= 11 is 0. The quantitative estimate of drug-likeness (QED) is 0.816. The molecule has 1 amide bonds. The van der Waals surface area contributed by atoms with Crippen molar-refractivity contribution in [2.45, 2.75) is 6.54 Å². The second-order valence-electron chi connectivity index (χ2n) is 5.43. The Hall–Kier alpha value is -1.59. The van der Waals surface area contributed by atoms with Crippen molar-refractivity contribution in [3.05, 3.63) is 29.8 Å². The molecule has 20 heavy (non-hydrogen) atoms. The molecule has 0 saturated carbocycles. The summed E-state index contributed by atoms with van der Waals surface area (Å²) in [7, 11) is 0. The van der Waals surface area contributed by atoms with E-state index in [0.29, 0.717) is 6.54 Å². The highest BCUT2D eigenvalue weighted by atomic mass is 16.2. The maximum atomic E-state index is 11.6. The molecule has 2 aliphatic rings. The van der Waals surface area contributed by atoms with E-state index < -0.39 is 0 Å². The van der Waals surface area contributed by atoms with Gasteiger partial charge in [0.05, 0.1) is 6.54 Å². The number of piperazine rings is 2. The number of benzene rings is 1. The van der Waals surface area contributed by atoms with E-state index in [1.54, 1.807) is 0 Å². The predicted octanol–water partition coefficient (Wildman–Crippen LogP) is 0.0280. The maximum Gasteiger partial charge on any atom is 0.239 e. The zero-order valence-corrected chi connectivity index (χ0v) is 11.8. The van der Waals surface area contributed by atoms with Gasteiger partial charge in [-0.1, -0.05) is 18.2 Å². The van der Waals surface area contributed by atoms with Gasteiger partial charge in [-0.25, -0.2) is 0 Å². The molecule has 0 unspecified atom stereocenters. The van der Waals surface area contributed by atoms with Crippen LogP contribution < -0.4 is 15.5 Å². The first-order valence-corrected chi connectivity index (χ1v) is 7.35. The Kier molecular flexibility index (Phi) is 4.18. The number of anilines is 1. The van der Waals surface area contributed by atoms with Gasteiger partial charge in [0.1, 0.15) is 0 Å². The molecule has 108 valence electrons. The van der Waals surface area contributed by atoms with Crippen LogP contribution in [0.1, 0.15) is 5.56 Å². The average molecular weight is 274 g/mol. The lowest BCUT2D eigenvalue weighted by atomic mass is 10.1. The summed E-state index contributed by atoms with van der Waals surface area (Å²) in [4.78, 5) is 16.2. The molecule has 5 nitrogen and oxygen atoms in total. The molecular formula is C15H22N4O. The molecule has 2 heterocycles. The van der Waals surface area contributed by atoms with Crippen LogP contribution in [-0.4, -0.2) is 56.6 Å². The average Bonchev–Trinajstić information content (AvgIpc) is 2.49. The lowest BCUT2D eigenvalue weighted by Crippen LogP contribution is -2.48. The number of rotatable bonds is 3. The third-order valence-electron chi connectivity index (χ3n) is 3.97. The minimum atomic E-state index is 0.119. The Morgan fingerprint density at radius 2 is 1.85 bits per heavy atom. The molecule has 2 aliphatic heterocycles. The zero-order valence-electron chi connectivity index (χ0n) is 11.8. The summed E-state index contributed by atoms with van der Waals surface area (Å²) in [5.41, 5.74) is 2.53. The molecule has 0 bridgehead atoms. The number of amides is 1. The van der Waals surface area contributed by atoms with Crippen LogP contribution >= 0.6 is 0 Å². The molecule has 1 aromatic rings. The molecule has 0 atom stereocenters. The van der Waals surface area contributed by atoms with E-state index in [0.717, 1.165) is 45.8 Å². The zero-order chi connectivity index (χ0) is 13.8. The number of carbonyl (C=O) groups excluding carboxylic acids is 1. The van der Waals surface area contributed by atoms with Gasteiger partial charge in [-0.2, -0.15) is 0 Å². The number of para-hydroxylation sites is 1. The molecule has 2 saturated heterocycles. The first-order chi connectivity index (χ1) is 9.83. The van der Waals surface area contributed by atoms with Crippen LogP contribution in [0.15, 0.2) is 24.3 Å². The lowest BCUT2D eigenvalue weighted by Gasteiger charge is -2.33. The fourth-order valence-corrected chi connectivity index (χ4v) is 2.91. The lowest BCUT2D eigenvalue weighted by molar-refractivity contribution is -0.120. The smallest absolute Gasteiger partial charge is 0.239 e. The van der Waals surface area contributed by atoms with Crippen molar-refractivity contribution >= 4 is 11.6 Å². The van der Waals surface area contributed by atoms with Crippen molar-refractivity contribution in [3.63, 3.8) is 0 Å². The first-order valence-electron chi connectivity index (χ1n) is 7.35. The fourth-order valence-electron chi connectivity index (χ4n) is 2.91. The second-order valence-corrected chi connectivity index (χ2v) is 5.43. The van der Waals surface area contributed by atoms with Crippen LogP contribution in [0, 0.1) is 0 Å². The van der Waals surface area contributed by atoms with Gasteiger partial charge in [0.25, 0.3) is 0 Å². The minimum Gasteiger partial charge on any atom is -0.360 e. The molecular weight excluding hydrogens is 252 g/mol. The molecule has 0 spiro atoms. The molecule has 0 aromatic heterocycles. The highest BCUT2D eigenvalue weighted by Crippen LogP contribution is 2.22. The monoisotopic (exact) mass is 274 g/mol. The highest BCUT2D eigenvalue weighted by Gasteiger charge is 2.20. The number of hydrogen-bond acceptors (Lipinski definition) is 4. The molecule has 5 heteroatoms. The molecule has 1 aromatic carbocycles. The van der Waals surface area contributed by atoms with Gasteiger partial charge in [0.2, 0.25) is 5.91 Å². The highest BCUT2D eigenvalue weighted by molar-refractivity contribution is 5.83. The fraction of sp³-hybridized carbons (Fsp3) is 0.533. The Labute approximate surface area is 119 Å². The van der Waals surface area contributed by atoms with E-state index in [-0.39, 0.29) is 5.91 Å². The largest absolute Gasteiger partial charge is 0.360 e. The summed E-state index contributed by atoms with van der Waals surface area (Å²) in [6, 6.07) is 8.47. The Balaban J connectivity index is 1.75. The summed E-state index contributed by atoms with van der Waals surface area (Å²) in [5.74, 6) is 0.119. The summed E-state index contributed by atoms with van der Waals surface area (Å²) in [6.45, 7) is 7.38. The van der Waals surface area contributed by atoms with Crippen LogP contribution in [0.5, 0.6) is 0 Å². The third-order valence-corrected chi connectivity index (χ3v) is 3.97. The van der Waals surface area contributed by atoms with E-state index in [1.165, 1.54) is 11.3 Å². The summed E-state index contributed by atoms with van der Waals surface area (Å²) in [5, 5.41) is 6.26. The SMILES string of the molecule is O=C1CN(c2ccccc2CN2CCNCC2)CCN1. The van der Waals surface area contributed by atoms with Crippen molar-refractivity contribution in [2.24, 2.45) is 0 Å². The number of nitrogens with zero attached hydrogens (tertiary/aromatic N) is 2. The van der Waals surface area contributed by atoms with Crippen molar-refractivity contribution in [1.82, 2.24) is 15.5 Å². The van der Waals surface area contributed by atoms with Crippen molar-refractivity contribution < 1.29 is 4.79 Å². The molecule has 0 radical (unpaired) electrons. The summed E-state index contributed by atoms with van der Waals surface area (Å²) in [6.07, 6.45) is 0. The van der Waals surface area contributed by atoms with Crippen LogP contribution in [0.25, 0.3) is 0 Å². The van der Waals surface area contributed by atoms with E-state index in [9.17, 15) is 4.79 Å². The standard InChI is InChI=1S/C15H22N4O/c20-15-12-19(10-7-17-15)14-4-2-1-3-13(14)11-18-8-5-16-6-9-18/h1-4,16H,5-12H2,(H,17,20). The van der Waals surface area contributed by atoms with Gasteiger partial charge in [0.15, 0.2) is 0 Å². The number of hydrogen-bond donors (Lipinski definition) is 2. The molecule has 3 rings (SSSR count). The molecule has 0 aliphatic carbocycles. The second kappa shape index (κ2) is 6.24. The van der Waals surface area contributed by atoms with Gasteiger partial charge >= 0.3 is 0 Å². The van der Waals surface area contributed by atoms with Gasteiger partial charge in [-0.15, -0.1) is 0 Å². The Bertz CT molecular complexity index is 471. The van der Waals surface area contributed by atoms with Crippen LogP contribution in [0.4, 0.5) is 5.69 Å².